The van der Waals surface area contributed by atoms with Crippen LogP contribution in [-0.4, -0.2) is 21.6 Å². The maximum atomic E-state index is 13.3. The number of anilines is 1. The summed E-state index contributed by atoms with van der Waals surface area (Å²) < 4.78 is 13.3. The number of rotatable bonds is 5. The normalized spacial score (nSPS) is 13.9. The number of hydrogen-bond acceptors (Lipinski definition) is 4. The molecule has 1 fully saturated rings. The molecule has 2 heterocycles. The zero-order valence-corrected chi connectivity index (χ0v) is 17.2. The van der Waals surface area contributed by atoms with Crippen molar-refractivity contribution in [2.75, 3.05) is 5.32 Å². The molecule has 1 N–H and O–H groups in total. The fourth-order valence-electron chi connectivity index (χ4n) is 3.37. The van der Waals surface area contributed by atoms with Crippen LogP contribution in [0.5, 0.6) is 0 Å². The number of pyridine rings is 2. The minimum Gasteiger partial charge on any atom is -0.320 e. The predicted molar refractivity (Wildman–Crippen MR) is 116 cm³/mol. The minimum atomic E-state index is -0.297. The average molecular weight is 402 g/mol. The van der Waals surface area contributed by atoms with Gasteiger partial charge in [-0.3, -0.25) is 19.8 Å². The number of nitrogens with zero attached hydrogens (tertiary/aromatic N) is 3. The van der Waals surface area contributed by atoms with E-state index in [1.165, 1.54) is 12.1 Å². The zero-order valence-electron chi connectivity index (χ0n) is 17.2. The molecule has 1 aromatic carbocycles. The van der Waals surface area contributed by atoms with E-state index in [9.17, 15) is 9.18 Å². The first-order valence-corrected chi connectivity index (χ1v) is 9.97. The van der Waals surface area contributed by atoms with Crippen molar-refractivity contribution in [1.29, 1.82) is 0 Å². The third kappa shape index (κ3) is 4.27. The highest BCUT2D eigenvalue weighted by Crippen LogP contribution is 2.44. The number of aryl methyl sites for hydroxylation is 2. The average Bonchev–Trinajstić information content (AvgIpc) is 3.56. The Morgan fingerprint density at radius 1 is 1.13 bits per heavy atom. The SMILES string of the molecule is C/C(=N\c1c(C(=O)Nc2cnc(C)cc2C)ccnc1C1CC1)c1ccc(F)cc1. The molecule has 0 saturated heterocycles. The monoisotopic (exact) mass is 402 g/mol. The van der Waals surface area contributed by atoms with Crippen LogP contribution in [0.4, 0.5) is 15.8 Å². The lowest BCUT2D eigenvalue weighted by Gasteiger charge is -2.13. The van der Waals surface area contributed by atoms with Crippen LogP contribution in [0.1, 0.15) is 58.6 Å². The highest BCUT2D eigenvalue weighted by Gasteiger charge is 2.30. The van der Waals surface area contributed by atoms with Gasteiger partial charge in [-0.05, 0) is 69.0 Å². The van der Waals surface area contributed by atoms with Crippen molar-refractivity contribution in [3.63, 3.8) is 0 Å². The van der Waals surface area contributed by atoms with Crippen LogP contribution in [0.15, 0.2) is 53.8 Å². The third-order valence-electron chi connectivity index (χ3n) is 5.20. The molecule has 0 spiro atoms. The molecule has 0 unspecified atom stereocenters. The number of benzene rings is 1. The van der Waals surface area contributed by atoms with Gasteiger partial charge in [-0.15, -0.1) is 0 Å². The Morgan fingerprint density at radius 2 is 1.87 bits per heavy atom. The van der Waals surface area contributed by atoms with E-state index in [2.05, 4.69) is 15.3 Å². The van der Waals surface area contributed by atoms with E-state index >= 15 is 0 Å². The smallest absolute Gasteiger partial charge is 0.258 e. The Kier molecular flexibility index (Phi) is 5.40. The summed E-state index contributed by atoms with van der Waals surface area (Å²) in [4.78, 5) is 26.7. The van der Waals surface area contributed by atoms with Crippen LogP contribution < -0.4 is 5.32 Å². The highest BCUT2D eigenvalue weighted by molar-refractivity contribution is 6.09. The maximum Gasteiger partial charge on any atom is 0.258 e. The van der Waals surface area contributed by atoms with Crippen LogP contribution >= 0.6 is 0 Å². The van der Waals surface area contributed by atoms with E-state index in [-0.39, 0.29) is 11.7 Å². The number of amides is 1. The van der Waals surface area contributed by atoms with Crippen molar-refractivity contribution < 1.29 is 9.18 Å². The Hall–Kier alpha value is -3.41. The quantitative estimate of drug-likeness (QED) is 0.573. The fourth-order valence-corrected chi connectivity index (χ4v) is 3.37. The molecule has 6 heteroatoms. The van der Waals surface area contributed by atoms with Crippen molar-refractivity contribution >= 4 is 23.0 Å². The second kappa shape index (κ2) is 8.14. The van der Waals surface area contributed by atoms with E-state index in [0.717, 1.165) is 35.4 Å². The lowest BCUT2D eigenvalue weighted by molar-refractivity contribution is 0.102. The molecule has 0 radical (unpaired) electrons. The maximum absolute atomic E-state index is 13.3. The van der Waals surface area contributed by atoms with E-state index in [0.29, 0.717) is 28.6 Å². The van der Waals surface area contributed by atoms with Crippen molar-refractivity contribution in [3.8, 4) is 0 Å². The summed E-state index contributed by atoms with van der Waals surface area (Å²) in [5, 5.41) is 2.95. The van der Waals surface area contributed by atoms with Crippen LogP contribution in [-0.2, 0) is 0 Å². The first-order valence-electron chi connectivity index (χ1n) is 9.97. The Labute approximate surface area is 175 Å². The summed E-state index contributed by atoms with van der Waals surface area (Å²) in [6.07, 6.45) is 5.40. The molecule has 5 nitrogen and oxygen atoms in total. The van der Waals surface area contributed by atoms with Gasteiger partial charge >= 0.3 is 0 Å². The summed E-state index contributed by atoms with van der Waals surface area (Å²) in [5.41, 5.74) is 5.89. The molecule has 30 heavy (non-hydrogen) atoms. The van der Waals surface area contributed by atoms with Gasteiger partial charge in [0.05, 0.1) is 28.8 Å². The molecule has 1 amide bonds. The van der Waals surface area contributed by atoms with Gasteiger partial charge in [0.15, 0.2) is 0 Å². The zero-order chi connectivity index (χ0) is 21.3. The van der Waals surface area contributed by atoms with Gasteiger partial charge in [-0.25, -0.2) is 4.39 Å². The summed E-state index contributed by atoms with van der Waals surface area (Å²) in [6.45, 7) is 5.70. The first-order chi connectivity index (χ1) is 14.4. The topological polar surface area (TPSA) is 67.2 Å². The molecule has 2 aromatic heterocycles. The lowest BCUT2D eigenvalue weighted by atomic mass is 10.1. The number of aliphatic imine (C=N–C) groups is 1. The molecule has 1 aliphatic carbocycles. The van der Waals surface area contributed by atoms with Gasteiger partial charge in [0.25, 0.3) is 5.91 Å². The number of aromatic nitrogens is 2. The molecule has 152 valence electrons. The lowest BCUT2D eigenvalue weighted by Crippen LogP contribution is -2.14. The Balaban J connectivity index is 1.73. The highest BCUT2D eigenvalue weighted by atomic mass is 19.1. The van der Waals surface area contributed by atoms with E-state index in [1.807, 2.05) is 26.8 Å². The Bertz CT molecular complexity index is 1130. The van der Waals surface area contributed by atoms with E-state index in [1.54, 1.807) is 30.6 Å². The standard InChI is InChI=1S/C24H23FN4O/c1-14-12-15(2)27-13-21(14)29-24(30)20-10-11-26-22(18-4-5-18)23(20)28-16(3)17-6-8-19(25)9-7-17/h6-13,18H,4-5H2,1-3H3,(H,29,30)/b28-16+. The van der Waals surface area contributed by atoms with Crippen LogP contribution in [0.3, 0.4) is 0 Å². The fraction of sp³-hybridized carbons (Fsp3) is 0.250. The molecule has 0 aliphatic heterocycles. The molecular formula is C24H23FN4O. The predicted octanol–water partition coefficient (Wildman–Crippen LogP) is 5.50. The van der Waals surface area contributed by atoms with Crippen molar-refractivity contribution in [2.45, 2.75) is 39.5 Å². The van der Waals surface area contributed by atoms with Gasteiger partial charge in [0.1, 0.15) is 5.82 Å². The van der Waals surface area contributed by atoms with Gasteiger partial charge < -0.3 is 5.32 Å². The third-order valence-corrected chi connectivity index (χ3v) is 5.20. The molecule has 4 rings (SSSR count). The van der Waals surface area contributed by atoms with E-state index < -0.39 is 0 Å². The Morgan fingerprint density at radius 3 is 2.53 bits per heavy atom. The number of carbonyl (C=O) groups excluding carboxylic acids is 1. The van der Waals surface area contributed by atoms with Gasteiger partial charge in [0, 0.05) is 23.5 Å². The molecule has 3 aromatic rings. The second-order valence-electron chi connectivity index (χ2n) is 7.67. The number of halogens is 1. The minimum absolute atomic E-state index is 0.251. The summed E-state index contributed by atoms with van der Waals surface area (Å²) in [5.74, 6) is -0.229. The van der Waals surface area contributed by atoms with Gasteiger partial charge in [0.2, 0.25) is 0 Å². The number of nitrogens with one attached hydrogen (secondary N) is 1. The van der Waals surface area contributed by atoms with Gasteiger partial charge in [-0.2, -0.15) is 0 Å². The largest absolute Gasteiger partial charge is 0.320 e. The van der Waals surface area contributed by atoms with Crippen LogP contribution in [0.25, 0.3) is 0 Å². The first kappa shape index (κ1) is 19.9. The molecule has 0 bridgehead atoms. The number of hydrogen-bond donors (Lipinski definition) is 1. The second-order valence-corrected chi connectivity index (χ2v) is 7.67. The van der Waals surface area contributed by atoms with Crippen molar-refractivity contribution in [3.05, 3.63) is 82.7 Å². The number of carbonyl (C=O) groups is 1. The van der Waals surface area contributed by atoms with Gasteiger partial charge in [-0.1, -0.05) is 12.1 Å². The summed E-state index contributed by atoms with van der Waals surface area (Å²) >= 11 is 0. The van der Waals surface area contributed by atoms with Crippen molar-refractivity contribution in [2.24, 2.45) is 4.99 Å². The van der Waals surface area contributed by atoms with E-state index in [4.69, 9.17) is 4.99 Å². The molecule has 1 aliphatic rings. The summed E-state index contributed by atoms with van der Waals surface area (Å²) in [7, 11) is 0. The molecule has 0 atom stereocenters. The van der Waals surface area contributed by atoms with Crippen molar-refractivity contribution in [1.82, 2.24) is 9.97 Å². The van der Waals surface area contributed by atoms with Crippen LogP contribution in [0, 0.1) is 19.7 Å². The molecule has 1 saturated carbocycles. The molecular weight excluding hydrogens is 379 g/mol. The summed E-state index contributed by atoms with van der Waals surface area (Å²) in [6, 6.07) is 9.79. The van der Waals surface area contributed by atoms with Crippen LogP contribution in [0.2, 0.25) is 0 Å².